The molecular weight excluding hydrogens is 417 g/mol. The fraction of sp³-hybridized carbons (Fsp3) is 0.250. The third kappa shape index (κ3) is 4.40. The van der Waals surface area contributed by atoms with Gasteiger partial charge in [-0.2, -0.15) is 0 Å². The van der Waals surface area contributed by atoms with Crippen LogP contribution in [0.3, 0.4) is 0 Å². The smallest absolute Gasteiger partial charge is 0.405 e. The molecule has 9 heteroatoms. The molecule has 6 nitrogen and oxygen atoms in total. The van der Waals surface area contributed by atoms with E-state index < -0.39 is 21.4 Å². The van der Waals surface area contributed by atoms with Gasteiger partial charge in [0.15, 0.2) is 0 Å². The van der Waals surface area contributed by atoms with Crippen LogP contribution in [-0.2, 0) is 27.9 Å². The number of hydrogen-bond donors (Lipinski definition) is 0. The molecule has 3 aliphatic heterocycles. The summed E-state index contributed by atoms with van der Waals surface area (Å²) in [6.45, 7) is 0.836. The van der Waals surface area contributed by atoms with Crippen molar-refractivity contribution in [2.24, 2.45) is 0 Å². The highest BCUT2D eigenvalue weighted by Gasteiger charge is 2.53. The molecule has 3 heterocycles. The van der Waals surface area contributed by atoms with Crippen LogP contribution in [-0.4, -0.2) is 59.0 Å². The maximum Gasteiger partial charge on any atom is 0.494 e. The highest BCUT2D eigenvalue weighted by Crippen LogP contribution is 2.30. The van der Waals surface area contributed by atoms with Crippen molar-refractivity contribution in [1.82, 2.24) is 0 Å². The predicted molar refractivity (Wildman–Crippen MR) is 127 cm³/mol. The lowest BCUT2D eigenvalue weighted by molar-refractivity contribution is -0.00430. The van der Waals surface area contributed by atoms with E-state index in [4.69, 9.17) is 27.9 Å². The fourth-order valence-corrected chi connectivity index (χ4v) is 4.59. The maximum atomic E-state index is 6.42. The highest BCUT2D eigenvalue weighted by molar-refractivity contribution is 6.63. The Morgan fingerprint density at radius 2 is 0.818 bits per heavy atom. The Labute approximate surface area is 194 Å². The van der Waals surface area contributed by atoms with E-state index in [1.807, 2.05) is 91.0 Å². The summed E-state index contributed by atoms with van der Waals surface area (Å²) in [6.07, 6.45) is -1.28. The van der Waals surface area contributed by atoms with E-state index in [9.17, 15) is 0 Å². The summed E-state index contributed by atoms with van der Waals surface area (Å²) < 4.78 is 37.4. The first-order valence-corrected chi connectivity index (χ1v) is 11.3. The average Bonchev–Trinajstić information content (AvgIpc) is 3.65. The van der Waals surface area contributed by atoms with Crippen LogP contribution in [0.5, 0.6) is 0 Å². The summed E-state index contributed by atoms with van der Waals surface area (Å²) in [5, 5.41) is 0. The summed E-state index contributed by atoms with van der Waals surface area (Å²) >= 11 is 0. The van der Waals surface area contributed by atoms with E-state index in [1.165, 1.54) is 0 Å². The van der Waals surface area contributed by atoms with Crippen LogP contribution in [0.1, 0.15) is 0 Å². The topological polar surface area (TPSA) is 55.4 Å². The van der Waals surface area contributed by atoms with Gasteiger partial charge in [-0.1, -0.05) is 91.0 Å². The van der Waals surface area contributed by atoms with Gasteiger partial charge >= 0.3 is 21.4 Å². The molecule has 0 bridgehead atoms. The van der Waals surface area contributed by atoms with Crippen molar-refractivity contribution < 1.29 is 27.9 Å². The van der Waals surface area contributed by atoms with Crippen molar-refractivity contribution in [1.29, 1.82) is 0 Å². The summed E-state index contributed by atoms with van der Waals surface area (Å²) in [6, 6.07) is 29.8. The minimum Gasteiger partial charge on any atom is -0.405 e. The van der Waals surface area contributed by atoms with E-state index in [0.29, 0.717) is 13.2 Å². The van der Waals surface area contributed by atoms with E-state index in [1.54, 1.807) is 0 Å². The zero-order valence-electron chi connectivity index (χ0n) is 18.1. The second kappa shape index (κ2) is 9.47. The van der Waals surface area contributed by atoms with E-state index in [0.717, 1.165) is 16.4 Å². The molecule has 164 valence electrons. The largest absolute Gasteiger partial charge is 0.494 e. The molecule has 0 aliphatic carbocycles. The molecule has 3 aliphatic rings. The first-order valence-electron chi connectivity index (χ1n) is 11.3. The molecule has 0 aromatic heterocycles. The van der Waals surface area contributed by atoms with Gasteiger partial charge < -0.3 is 27.9 Å². The monoisotopic (exact) mass is 440 g/mol. The lowest BCUT2D eigenvalue weighted by Crippen LogP contribution is -2.46. The predicted octanol–water partition coefficient (Wildman–Crippen LogP) is 0.787. The van der Waals surface area contributed by atoms with Crippen molar-refractivity contribution >= 4 is 37.7 Å². The lowest BCUT2D eigenvalue weighted by Gasteiger charge is -2.27. The molecule has 6 rings (SSSR count). The second-order valence-electron chi connectivity index (χ2n) is 8.44. The Balaban J connectivity index is 1.21. The third-order valence-corrected chi connectivity index (χ3v) is 6.25. The molecule has 0 saturated carbocycles. The van der Waals surface area contributed by atoms with Gasteiger partial charge in [0.2, 0.25) is 0 Å². The minimum atomic E-state index is -0.500. The van der Waals surface area contributed by atoms with Gasteiger partial charge in [-0.15, -0.1) is 0 Å². The molecular formula is C24H23B3O6. The SMILES string of the molecule is c1ccc(B2O[C@@H]([C@@H]3COB(c4ccccc4)O3)[C@H]([C@H]3COB(c4ccccc4)O3)O2)cc1. The van der Waals surface area contributed by atoms with Crippen molar-refractivity contribution in [2.45, 2.75) is 24.4 Å². The standard InChI is InChI=1S/C24H23B3O6/c1-4-10-18(11-5-1)25-28-16-21(30-25)23-24(33-27(32-23)20-14-8-3-9-15-20)22-17-29-26(31-22)19-12-6-2-7-13-19/h1-15,21-24H,16-17H2/t21-,22+,23-,24-/m0/s1. The highest BCUT2D eigenvalue weighted by atomic mass is 16.7. The summed E-state index contributed by atoms with van der Waals surface area (Å²) in [7, 11) is -1.34. The first kappa shape index (κ1) is 21.2. The third-order valence-electron chi connectivity index (χ3n) is 6.25. The molecule has 0 radical (unpaired) electrons. The summed E-state index contributed by atoms with van der Waals surface area (Å²) in [5.41, 5.74) is 2.93. The minimum absolute atomic E-state index is 0.284. The maximum absolute atomic E-state index is 6.42. The number of rotatable bonds is 5. The van der Waals surface area contributed by atoms with Gasteiger partial charge in [0.05, 0.1) is 37.6 Å². The summed E-state index contributed by atoms with van der Waals surface area (Å²) in [5.74, 6) is 0. The van der Waals surface area contributed by atoms with Gasteiger partial charge in [0, 0.05) is 0 Å². The van der Waals surface area contributed by atoms with Gasteiger partial charge in [-0.3, -0.25) is 0 Å². The van der Waals surface area contributed by atoms with Crippen LogP contribution in [0.15, 0.2) is 91.0 Å². The Hall–Kier alpha value is -2.39. The fourth-order valence-electron chi connectivity index (χ4n) is 4.59. The molecule has 0 amide bonds. The molecule has 3 fully saturated rings. The van der Waals surface area contributed by atoms with Crippen LogP contribution >= 0.6 is 0 Å². The van der Waals surface area contributed by atoms with Gasteiger partial charge in [-0.25, -0.2) is 0 Å². The molecule has 3 aromatic carbocycles. The first-order chi connectivity index (χ1) is 16.3. The van der Waals surface area contributed by atoms with Crippen molar-refractivity contribution in [3.05, 3.63) is 91.0 Å². The van der Waals surface area contributed by atoms with E-state index >= 15 is 0 Å². The van der Waals surface area contributed by atoms with Crippen molar-refractivity contribution in [2.75, 3.05) is 13.2 Å². The van der Waals surface area contributed by atoms with E-state index in [-0.39, 0.29) is 24.4 Å². The zero-order valence-corrected chi connectivity index (χ0v) is 18.1. The van der Waals surface area contributed by atoms with Crippen LogP contribution < -0.4 is 16.4 Å². The summed E-state index contributed by atoms with van der Waals surface area (Å²) in [4.78, 5) is 0. The van der Waals surface area contributed by atoms with Crippen LogP contribution in [0.2, 0.25) is 0 Å². The Bertz CT molecular complexity index is 978. The van der Waals surface area contributed by atoms with E-state index in [2.05, 4.69) is 0 Å². The Morgan fingerprint density at radius 3 is 1.21 bits per heavy atom. The second-order valence-corrected chi connectivity index (χ2v) is 8.44. The Kier molecular flexibility index (Phi) is 6.07. The zero-order chi connectivity index (χ0) is 22.0. The number of hydrogen-bond acceptors (Lipinski definition) is 6. The average molecular weight is 440 g/mol. The molecule has 3 aromatic rings. The van der Waals surface area contributed by atoms with Gasteiger partial charge in [0.25, 0.3) is 0 Å². The van der Waals surface area contributed by atoms with Gasteiger partial charge in [0.1, 0.15) is 0 Å². The van der Waals surface area contributed by atoms with Crippen LogP contribution in [0.4, 0.5) is 0 Å². The molecule has 0 spiro atoms. The normalized spacial score (nSPS) is 27.5. The van der Waals surface area contributed by atoms with Crippen LogP contribution in [0, 0.1) is 0 Å². The molecule has 0 unspecified atom stereocenters. The number of benzene rings is 3. The Morgan fingerprint density at radius 1 is 0.455 bits per heavy atom. The van der Waals surface area contributed by atoms with Crippen molar-refractivity contribution in [3.63, 3.8) is 0 Å². The van der Waals surface area contributed by atoms with Crippen LogP contribution in [0.25, 0.3) is 0 Å². The molecule has 0 N–H and O–H groups in total. The lowest BCUT2D eigenvalue weighted by atomic mass is 9.79. The molecule has 4 atom stereocenters. The molecule has 33 heavy (non-hydrogen) atoms. The molecule has 3 saturated heterocycles. The van der Waals surface area contributed by atoms with Crippen molar-refractivity contribution in [3.8, 4) is 0 Å². The quantitative estimate of drug-likeness (QED) is 0.548. The van der Waals surface area contributed by atoms with Gasteiger partial charge in [-0.05, 0) is 16.4 Å².